The highest BCUT2D eigenvalue weighted by Gasteiger charge is 2.38. The van der Waals surface area contributed by atoms with E-state index in [4.69, 9.17) is 4.42 Å². The van der Waals surface area contributed by atoms with Crippen molar-refractivity contribution in [2.24, 2.45) is 0 Å². The molecule has 160 valence electrons. The smallest absolute Gasteiger partial charge is 0.416 e. The Hall–Kier alpha value is -3.02. The van der Waals surface area contributed by atoms with E-state index in [1.54, 1.807) is 10.7 Å². The third-order valence-electron chi connectivity index (χ3n) is 5.01. The van der Waals surface area contributed by atoms with Gasteiger partial charge >= 0.3 is 12.1 Å². The predicted octanol–water partition coefficient (Wildman–Crippen LogP) is 2.28. The first-order chi connectivity index (χ1) is 14.2. The fourth-order valence-electron chi connectivity index (χ4n) is 3.60. The topological polar surface area (TPSA) is 94.9 Å². The van der Waals surface area contributed by atoms with E-state index in [-0.39, 0.29) is 24.0 Å². The van der Waals surface area contributed by atoms with Gasteiger partial charge in [0.15, 0.2) is 5.82 Å². The molecular weight excluding hydrogens is 403 g/mol. The quantitative estimate of drug-likeness (QED) is 0.635. The van der Waals surface area contributed by atoms with Crippen LogP contribution < -0.4 is 5.56 Å². The molecule has 0 aromatic carbocycles. The summed E-state index contributed by atoms with van der Waals surface area (Å²) in [4.78, 5) is 14.3. The van der Waals surface area contributed by atoms with E-state index >= 15 is 0 Å². The van der Waals surface area contributed by atoms with Crippen molar-refractivity contribution in [2.45, 2.75) is 45.5 Å². The Balaban J connectivity index is 1.44. The Labute approximate surface area is 169 Å². The van der Waals surface area contributed by atoms with Crippen molar-refractivity contribution in [3.8, 4) is 5.82 Å². The average molecular weight is 423 g/mol. The first kappa shape index (κ1) is 20.3. The minimum atomic E-state index is -4.65. The lowest BCUT2D eigenvalue weighted by atomic mass is 10.1. The molecular formula is C18H20F3N7O2. The van der Waals surface area contributed by atoms with Gasteiger partial charge in [-0.3, -0.25) is 9.69 Å². The SMILES string of the molecule is Cc1cc(C)n(-c2ccc(=O)n(C3CCN(Cc4nnc(C(F)(F)F)o4)CC3)n2)n1. The maximum Gasteiger partial charge on any atom is 0.470 e. The standard InChI is InChI=1S/C18H20F3N7O2/c1-11-9-12(2)27(24-11)14-3-4-16(29)28(25-14)13-5-7-26(8-6-13)10-15-22-23-17(30-15)18(19,20)21/h3-4,9,13H,5-8,10H2,1-2H3. The molecule has 1 fully saturated rings. The van der Waals surface area contributed by atoms with Crippen molar-refractivity contribution in [1.82, 2.24) is 34.7 Å². The molecule has 1 saturated heterocycles. The van der Waals surface area contributed by atoms with Crippen LogP contribution in [0.5, 0.6) is 0 Å². The summed E-state index contributed by atoms with van der Waals surface area (Å²) < 4.78 is 45.6. The number of aryl methyl sites for hydroxylation is 2. The molecule has 4 rings (SSSR count). The van der Waals surface area contributed by atoms with E-state index in [2.05, 4.69) is 20.4 Å². The van der Waals surface area contributed by atoms with Crippen LogP contribution in [0.2, 0.25) is 0 Å². The predicted molar refractivity (Wildman–Crippen MR) is 97.9 cm³/mol. The maximum absolute atomic E-state index is 12.6. The van der Waals surface area contributed by atoms with Crippen molar-refractivity contribution in [3.05, 3.63) is 51.7 Å². The van der Waals surface area contributed by atoms with E-state index in [1.807, 2.05) is 24.8 Å². The maximum atomic E-state index is 12.6. The third-order valence-corrected chi connectivity index (χ3v) is 5.01. The van der Waals surface area contributed by atoms with Gasteiger partial charge in [0.2, 0.25) is 5.89 Å². The summed E-state index contributed by atoms with van der Waals surface area (Å²) in [6.45, 7) is 5.05. The number of halogens is 3. The molecule has 12 heteroatoms. The van der Waals surface area contributed by atoms with Crippen molar-refractivity contribution in [2.75, 3.05) is 13.1 Å². The molecule has 0 unspecified atom stereocenters. The zero-order valence-corrected chi connectivity index (χ0v) is 16.4. The van der Waals surface area contributed by atoms with Gasteiger partial charge in [-0.1, -0.05) is 0 Å². The van der Waals surface area contributed by atoms with Gasteiger partial charge in [-0.15, -0.1) is 15.3 Å². The van der Waals surface area contributed by atoms with E-state index in [0.29, 0.717) is 31.7 Å². The molecule has 0 amide bonds. The van der Waals surface area contributed by atoms with Gasteiger partial charge in [0, 0.05) is 24.8 Å². The molecule has 0 radical (unpaired) electrons. The third kappa shape index (κ3) is 4.13. The second-order valence-corrected chi connectivity index (χ2v) is 7.32. The van der Waals surface area contributed by atoms with Gasteiger partial charge in [-0.25, -0.2) is 9.36 Å². The molecule has 1 aliphatic rings. The zero-order valence-electron chi connectivity index (χ0n) is 16.4. The van der Waals surface area contributed by atoms with Crippen molar-refractivity contribution in [3.63, 3.8) is 0 Å². The number of likely N-dealkylation sites (tertiary alicyclic amines) is 1. The van der Waals surface area contributed by atoms with E-state index in [9.17, 15) is 18.0 Å². The van der Waals surface area contributed by atoms with Gasteiger partial charge in [0.25, 0.3) is 5.56 Å². The monoisotopic (exact) mass is 423 g/mol. The second-order valence-electron chi connectivity index (χ2n) is 7.32. The van der Waals surface area contributed by atoms with E-state index in [1.165, 1.54) is 10.7 Å². The molecule has 4 heterocycles. The second kappa shape index (κ2) is 7.67. The summed E-state index contributed by atoms with van der Waals surface area (Å²) in [5, 5.41) is 15.4. The normalized spacial score (nSPS) is 16.3. The molecule has 0 atom stereocenters. The molecule has 9 nitrogen and oxygen atoms in total. The Morgan fingerprint density at radius 3 is 2.47 bits per heavy atom. The van der Waals surface area contributed by atoms with Crippen LogP contribution in [-0.4, -0.2) is 47.7 Å². The fraction of sp³-hybridized carbons (Fsp3) is 0.500. The molecule has 3 aromatic rings. The summed E-state index contributed by atoms with van der Waals surface area (Å²) in [5.41, 5.74) is 1.57. The van der Waals surface area contributed by atoms with Crippen molar-refractivity contribution >= 4 is 0 Å². The van der Waals surface area contributed by atoms with Gasteiger partial charge in [0.05, 0.1) is 18.3 Å². The Bertz CT molecular complexity index is 1090. The van der Waals surface area contributed by atoms with E-state index in [0.717, 1.165) is 11.4 Å². The molecule has 0 spiro atoms. The molecule has 1 aliphatic heterocycles. The summed E-state index contributed by atoms with van der Waals surface area (Å²) in [7, 11) is 0. The number of hydrogen-bond donors (Lipinski definition) is 0. The Morgan fingerprint density at radius 1 is 1.13 bits per heavy atom. The lowest BCUT2D eigenvalue weighted by Crippen LogP contribution is -2.38. The number of rotatable bonds is 4. The van der Waals surface area contributed by atoms with Crippen molar-refractivity contribution < 1.29 is 17.6 Å². The average Bonchev–Trinajstić information content (AvgIpc) is 3.29. The molecule has 0 aliphatic carbocycles. The highest BCUT2D eigenvalue weighted by Crippen LogP contribution is 2.28. The Kier molecular flexibility index (Phi) is 5.18. The zero-order chi connectivity index (χ0) is 21.5. The lowest BCUT2D eigenvalue weighted by Gasteiger charge is -2.31. The number of hydrogen-bond acceptors (Lipinski definition) is 7. The number of alkyl halides is 3. The van der Waals surface area contributed by atoms with Crippen LogP contribution in [0.1, 0.15) is 42.1 Å². The number of piperidine rings is 1. The first-order valence-corrected chi connectivity index (χ1v) is 9.46. The van der Waals surface area contributed by atoms with Gasteiger partial charge in [-0.05, 0) is 38.8 Å². The summed E-state index contributed by atoms with van der Waals surface area (Å²) in [5.74, 6) is -0.861. The van der Waals surface area contributed by atoms with Gasteiger partial charge in [-0.2, -0.15) is 18.3 Å². The van der Waals surface area contributed by atoms with E-state index < -0.39 is 12.1 Å². The van der Waals surface area contributed by atoms with Crippen LogP contribution in [0, 0.1) is 13.8 Å². The highest BCUT2D eigenvalue weighted by molar-refractivity contribution is 5.24. The number of aromatic nitrogens is 6. The van der Waals surface area contributed by atoms with Gasteiger partial charge in [0.1, 0.15) is 0 Å². The van der Waals surface area contributed by atoms with Crippen LogP contribution in [0.4, 0.5) is 13.2 Å². The molecule has 0 N–H and O–H groups in total. The highest BCUT2D eigenvalue weighted by atomic mass is 19.4. The molecule has 0 saturated carbocycles. The van der Waals surface area contributed by atoms with Crippen LogP contribution in [0.15, 0.2) is 27.4 Å². The molecule has 3 aromatic heterocycles. The van der Waals surface area contributed by atoms with Crippen LogP contribution in [0.3, 0.4) is 0 Å². The van der Waals surface area contributed by atoms with Crippen LogP contribution in [-0.2, 0) is 12.7 Å². The molecule has 0 bridgehead atoms. The molecule has 30 heavy (non-hydrogen) atoms. The number of nitrogens with zero attached hydrogens (tertiary/aromatic N) is 7. The minimum absolute atomic E-state index is 0.0809. The van der Waals surface area contributed by atoms with Crippen molar-refractivity contribution in [1.29, 1.82) is 0 Å². The van der Waals surface area contributed by atoms with Crippen LogP contribution >= 0.6 is 0 Å². The first-order valence-electron chi connectivity index (χ1n) is 9.46. The Morgan fingerprint density at radius 2 is 1.87 bits per heavy atom. The summed E-state index contributed by atoms with van der Waals surface area (Å²) >= 11 is 0. The lowest BCUT2D eigenvalue weighted by molar-refractivity contribution is -0.157. The van der Waals surface area contributed by atoms with Crippen LogP contribution in [0.25, 0.3) is 5.82 Å². The fourth-order valence-corrected chi connectivity index (χ4v) is 3.60. The minimum Gasteiger partial charge on any atom is -0.416 e. The van der Waals surface area contributed by atoms with Gasteiger partial charge < -0.3 is 4.42 Å². The summed E-state index contributed by atoms with van der Waals surface area (Å²) in [6.07, 6.45) is -3.41. The summed E-state index contributed by atoms with van der Waals surface area (Å²) in [6, 6.07) is 4.93. The largest absolute Gasteiger partial charge is 0.470 e.